The van der Waals surface area contributed by atoms with Crippen molar-refractivity contribution >= 4 is 5.91 Å². The summed E-state index contributed by atoms with van der Waals surface area (Å²) in [6.07, 6.45) is 2.95. The minimum Gasteiger partial charge on any atom is -0.493 e. The van der Waals surface area contributed by atoms with Crippen LogP contribution in [0.1, 0.15) is 17.5 Å². The summed E-state index contributed by atoms with van der Waals surface area (Å²) >= 11 is 0. The molecule has 2 aromatic carbocycles. The standard InChI is InChI=1S/C19H21NO3/c21-19(14-23-17-6-2-1-3-7-17)20-11-10-15-8-9-18-16(13-15)5-4-12-22-18/h1-3,6-9,13H,4-5,10-12,14H2,(H,20,21). The maximum absolute atomic E-state index is 11.8. The molecule has 1 heterocycles. The van der Waals surface area contributed by atoms with Gasteiger partial charge in [0.15, 0.2) is 6.61 Å². The fourth-order valence-corrected chi connectivity index (χ4v) is 2.63. The molecule has 0 atom stereocenters. The van der Waals surface area contributed by atoms with Gasteiger partial charge in [0.1, 0.15) is 11.5 Å². The third-order valence-corrected chi connectivity index (χ3v) is 3.82. The molecule has 23 heavy (non-hydrogen) atoms. The number of aryl methyl sites for hydroxylation is 1. The molecule has 1 N–H and O–H groups in total. The Balaban J connectivity index is 1.41. The Bertz CT molecular complexity index is 655. The van der Waals surface area contributed by atoms with E-state index in [9.17, 15) is 4.79 Å². The van der Waals surface area contributed by atoms with E-state index < -0.39 is 0 Å². The van der Waals surface area contributed by atoms with Crippen LogP contribution < -0.4 is 14.8 Å². The van der Waals surface area contributed by atoms with Gasteiger partial charge < -0.3 is 14.8 Å². The van der Waals surface area contributed by atoms with Crippen LogP contribution in [0.5, 0.6) is 11.5 Å². The second kappa shape index (κ2) is 7.68. The van der Waals surface area contributed by atoms with Crippen LogP contribution in [0, 0.1) is 0 Å². The van der Waals surface area contributed by atoms with Gasteiger partial charge in [-0.25, -0.2) is 0 Å². The van der Waals surface area contributed by atoms with E-state index in [0.29, 0.717) is 12.3 Å². The van der Waals surface area contributed by atoms with E-state index in [4.69, 9.17) is 9.47 Å². The number of ether oxygens (including phenoxy) is 2. The highest BCUT2D eigenvalue weighted by molar-refractivity contribution is 5.77. The normalized spacial score (nSPS) is 12.9. The van der Waals surface area contributed by atoms with E-state index in [1.807, 2.05) is 36.4 Å². The maximum Gasteiger partial charge on any atom is 0.257 e. The molecule has 1 amide bonds. The van der Waals surface area contributed by atoms with Gasteiger partial charge in [0.05, 0.1) is 6.61 Å². The number of rotatable bonds is 6. The molecule has 0 aliphatic carbocycles. The number of benzene rings is 2. The summed E-state index contributed by atoms with van der Waals surface area (Å²) in [5.41, 5.74) is 2.49. The van der Waals surface area contributed by atoms with Crippen LogP contribution in [-0.2, 0) is 17.6 Å². The van der Waals surface area contributed by atoms with Gasteiger partial charge in [-0.3, -0.25) is 4.79 Å². The largest absolute Gasteiger partial charge is 0.493 e. The molecule has 120 valence electrons. The molecule has 0 spiro atoms. The van der Waals surface area contributed by atoms with Crippen molar-refractivity contribution in [1.82, 2.24) is 5.32 Å². The van der Waals surface area contributed by atoms with Crippen molar-refractivity contribution in [2.45, 2.75) is 19.3 Å². The highest BCUT2D eigenvalue weighted by atomic mass is 16.5. The highest BCUT2D eigenvalue weighted by Gasteiger charge is 2.10. The molecular weight excluding hydrogens is 290 g/mol. The number of carbonyl (C=O) groups is 1. The van der Waals surface area contributed by atoms with Crippen LogP contribution in [0.15, 0.2) is 48.5 Å². The van der Waals surface area contributed by atoms with Gasteiger partial charge in [0.25, 0.3) is 5.91 Å². The molecule has 4 nitrogen and oxygen atoms in total. The summed E-state index contributed by atoms with van der Waals surface area (Å²) < 4.78 is 11.0. The van der Waals surface area contributed by atoms with Crippen molar-refractivity contribution in [2.24, 2.45) is 0 Å². The summed E-state index contributed by atoms with van der Waals surface area (Å²) in [4.78, 5) is 11.8. The summed E-state index contributed by atoms with van der Waals surface area (Å²) in [5, 5.41) is 2.89. The van der Waals surface area contributed by atoms with Gasteiger partial charge in [-0.2, -0.15) is 0 Å². The monoisotopic (exact) mass is 311 g/mol. The molecule has 4 heteroatoms. The van der Waals surface area contributed by atoms with Gasteiger partial charge in [0, 0.05) is 6.54 Å². The van der Waals surface area contributed by atoms with E-state index in [1.54, 1.807) is 0 Å². The van der Waals surface area contributed by atoms with Crippen molar-refractivity contribution in [1.29, 1.82) is 0 Å². The maximum atomic E-state index is 11.8. The zero-order chi connectivity index (χ0) is 15.9. The first kappa shape index (κ1) is 15.4. The van der Waals surface area contributed by atoms with E-state index in [2.05, 4.69) is 17.4 Å². The quantitative estimate of drug-likeness (QED) is 0.892. The Labute approximate surface area is 136 Å². The average molecular weight is 311 g/mol. The van der Waals surface area contributed by atoms with Gasteiger partial charge in [0.2, 0.25) is 0 Å². The third-order valence-electron chi connectivity index (χ3n) is 3.82. The summed E-state index contributed by atoms with van der Waals surface area (Å²) in [5.74, 6) is 1.60. The second-order valence-electron chi connectivity index (χ2n) is 5.60. The molecule has 0 aromatic heterocycles. The molecule has 2 aromatic rings. The number of hydrogen-bond donors (Lipinski definition) is 1. The van der Waals surface area contributed by atoms with Crippen molar-refractivity contribution in [3.05, 3.63) is 59.7 Å². The molecule has 0 radical (unpaired) electrons. The smallest absolute Gasteiger partial charge is 0.257 e. The minimum absolute atomic E-state index is 0.0437. The first-order chi connectivity index (χ1) is 11.3. The Hall–Kier alpha value is -2.49. The molecule has 0 fully saturated rings. The number of para-hydroxylation sites is 1. The lowest BCUT2D eigenvalue weighted by Crippen LogP contribution is -2.30. The van der Waals surface area contributed by atoms with Crippen molar-refractivity contribution in [3.8, 4) is 11.5 Å². The van der Waals surface area contributed by atoms with E-state index >= 15 is 0 Å². The van der Waals surface area contributed by atoms with Crippen LogP contribution in [0.4, 0.5) is 0 Å². The first-order valence-electron chi connectivity index (χ1n) is 8.00. The lowest BCUT2D eigenvalue weighted by Gasteiger charge is -2.18. The van der Waals surface area contributed by atoms with E-state index in [-0.39, 0.29) is 12.5 Å². The average Bonchev–Trinajstić information content (AvgIpc) is 2.61. The fraction of sp³-hybridized carbons (Fsp3) is 0.316. The molecule has 3 rings (SSSR count). The molecule has 0 bridgehead atoms. The second-order valence-corrected chi connectivity index (χ2v) is 5.60. The van der Waals surface area contributed by atoms with Gasteiger partial charge in [-0.1, -0.05) is 30.3 Å². The lowest BCUT2D eigenvalue weighted by atomic mass is 10.0. The summed E-state index contributed by atoms with van der Waals surface area (Å²) in [7, 11) is 0. The van der Waals surface area contributed by atoms with Gasteiger partial charge in [-0.15, -0.1) is 0 Å². The molecular formula is C19H21NO3. The zero-order valence-electron chi connectivity index (χ0n) is 13.1. The van der Waals surface area contributed by atoms with Crippen LogP contribution in [0.25, 0.3) is 0 Å². The first-order valence-corrected chi connectivity index (χ1v) is 8.00. The Morgan fingerprint density at radius 2 is 2.04 bits per heavy atom. The molecule has 0 saturated heterocycles. The predicted octanol–water partition coefficient (Wildman–Crippen LogP) is 2.75. The number of nitrogens with one attached hydrogen (secondary N) is 1. The topological polar surface area (TPSA) is 47.6 Å². The van der Waals surface area contributed by atoms with Crippen LogP contribution >= 0.6 is 0 Å². The van der Waals surface area contributed by atoms with Crippen molar-refractivity contribution in [3.63, 3.8) is 0 Å². The van der Waals surface area contributed by atoms with Crippen LogP contribution in [-0.4, -0.2) is 25.7 Å². The van der Waals surface area contributed by atoms with Crippen molar-refractivity contribution < 1.29 is 14.3 Å². The predicted molar refractivity (Wildman–Crippen MR) is 88.9 cm³/mol. The Morgan fingerprint density at radius 1 is 1.17 bits per heavy atom. The molecule has 1 aliphatic heterocycles. The minimum atomic E-state index is -0.102. The summed E-state index contributed by atoms with van der Waals surface area (Å²) in [6.45, 7) is 1.46. The van der Waals surface area contributed by atoms with Gasteiger partial charge >= 0.3 is 0 Å². The van der Waals surface area contributed by atoms with E-state index in [0.717, 1.165) is 31.6 Å². The van der Waals surface area contributed by atoms with E-state index in [1.165, 1.54) is 11.1 Å². The summed E-state index contributed by atoms with van der Waals surface area (Å²) in [6, 6.07) is 15.6. The number of fused-ring (bicyclic) bond motifs is 1. The fourth-order valence-electron chi connectivity index (χ4n) is 2.63. The Kier molecular flexibility index (Phi) is 5.14. The molecule has 0 saturated carbocycles. The van der Waals surface area contributed by atoms with Gasteiger partial charge in [-0.05, 0) is 48.6 Å². The molecule has 1 aliphatic rings. The zero-order valence-corrected chi connectivity index (χ0v) is 13.1. The van der Waals surface area contributed by atoms with Crippen molar-refractivity contribution in [2.75, 3.05) is 19.8 Å². The number of hydrogen-bond acceptors (Lipinski definition) is 3. The molecule has 0 unspecified atom stereocenters. The van der Waals surface area contributed by atoms with Crippen LogP contribution in [0.2, 0.25) is 0 Å². The van der Waals surface area contributed by atoms with Crippen LogP contribution in [0.3, 0.4) is 0 Å². The number of carbonyl (C=O) groups excluding carboxylic acids is 1. The number of amides is 1. The Morgan fingerprint density at radius 3 is 2.91 bits per heavy atom. The third kappa shape index (κ3) is 4.49. The SMILES string of the molecule is O=C(COc1ccccc1)NCCc1ccc2c(c1)CCCO2. The lowest BCUT2D eigenvalue weighted by molar-refractivity contribution is -0.123. The highest BCUT2D eigenvalue weighted by Crippen LogP contribution is 2.25.